The summed E-state index contributed by atoms with van der Waals surface area (Å²) in [4.78, 5) is 24.7. The van der Waals surface area contributed by atoms with E-state index in [0.717, 1.165) is 5.56 Å². The first-order valence-corrected chi connectivity index (χ1v) is 7.19. The van der Waals surface area contributed by atoms with Gasteiger partial charge in [-0.1, -0.05) is 23.7 Å². The van der Waals surface area contributed by atoms with Gasteiger partial charge in [0.2, 0.25) is 5.91 Å². The van der Waals surface area contributed by atoms with E-state index in [2.05, 4.69) is 0 Å². The maximum absolute atomic E-state index is 12.1. The van der Waals surface area contributed by atoms with Crippen LogP contribution in [0.25, 0.3) is 0 Å². The lowest BCUT2D eigenvalue weighted by atomic mass is 9.96. The van der Waals surface area contributed by atoms with Crippen LogP contribution in [-0.4, -0.2) is 35.0 Å². The highest BCUT2D eigenvalue weighted by Gasteiger charge is 2.26. The van der Waals surface area contributed by atoms with Crippen LogP contribution in [0.1, 0.15) is 24.8 Å². The molecule has 5 heteroatoms. The van der Waals surface area contributed by atoms with E-state index in [1.807, 2.05) is 24.3 Å². The zero-order valence-corrected chi connectivity index (χ0v) is 12.0. The quantitative estimate of drug-likeness (QED) is 0.929. The molecular formula is C15H18ClNO3. The average molecular weight is 296 g/mol. The standard InChI is InChI=1S/C15H18ClNO3/c16-13-3-1-2-11(10-13)4-5-14(18)17-8-6-12(7-9-17)15(19)20/h1-3,10,12H,4-9H2,(H,19,20). The number of halogens is 1. The first-order chi connectivity index (χ1) is 9.56. The molecule has 20 heavy (non-hydrogen) atoms. The summed E-state index contributed by atoms with van der Waals surface area (Å²) in [5.41, 5.74) is 1.05. The number of nitrogens with zero attached hydrogens (tertiary/aromatic N) is 1. The van der Waals surface area contributed by atoms with Gasteiger partial charge in [0.25, 0.3) is 0 Å². The van der Waals surface area contributed by atoms with Gasteiger partial charge in [0.15, 0.2) is 0 Å². The molecule has 2 rings (SSSR count). The lowest BCUT2D eigenvalue weighted by molar-refractivity contribution is -0.145. The van der Waals surface area contributed by atoms with Crippen LogP contribution in [0.15, 0.2) is 24.3 Å². The van der Waals surface area contributed by atoms with Crippen LogP contribution >= 0.6 is 11.6 Å². The van der Waals surface area contributed by atoms with Gasteiger partial charge < -0.3 is 10.0 Å². The number of rotatable bonds is 4. The van der Waals surface area contributed by atoms with Crippen molar-refractivity contribution in [2.24, 2.45) is 5.92 Å². The Labute approximate surface area is 123 Å². The van der Waals surface area contributed by atoms with Crippen molar-refractivity contribution in [1.29, 1.82) is 0 Å². The van der Waals surface area contributed by atoms with Crippen LogP contribution in [0.2, 0.25) is 5.02 Å². The maximum atomic E-state index is 12.1. The average Bonchev–Trinajstić information content (AvgIpc) is 2.45. The summed E-state index contributed by atoms with van der Waals surface area (Å²) >= 11 is 5.90. The molecule has 0 aliphatic carbocycles. The first-order valence-electron chi connectivity index (χ1n) is 6.81. The van der Waals surface area contributed by atoms with E-state index < -0.39 is 5.97 Å². The summed E-state index contributed by atoms with van der Waals surface area (Å²) in [5.74, 6) is -0.961. The lowest BCUT2D eigenvalue weighted by Crippen LogP contribution is -2.40. The fourth-order valence-electron chi connectivity index (χ4n) is 2.48. The highest BCUT2D eigenvalue weighted by Crippen LogP contribution is 2.19. The summed E-state index contributed by atoms with van der Waals surface area (Å²) in [6, 6.07) is 7.51. The molecule has 1 N–H and O–H groups in total. The van der Waals surface area contributed by atoms with Crippen molar-refractivity contribution in [3.05, 3.63) is 34.9 Å². The van der Waals surface area contributed by atoms with Crippen LogP contribution in [0.3, 0.4) is 0 Å². The number of likely N-dealkylation sites (tertiary alicyclic amines) is 1. The second kappa shape index (κ2) is 6.75. The molecule has 4 nitrogen and oxygen atoms in total. The first kappa shape index (κ1) is 14.9. The van der Waals surface area contributed by atoms with E-state index in [1.54, 1.807) is 4.90 Å². The Balaban J connectivity index is 1.80. The van der Waals surface area contributed by atoms with Crippen molar-refractivity contribution < 1.29 is 14.7 Å². The van der Waals surface area contributed by atoms with Crippen molar-refractivity contribution >= 4 is 23.5 Å². The zero-order valence-electron chi connectivity index (χ0n) is 11.2. The van der Waals surface area contributed by atoms with E-state index in [4.69, 9.17) is 16.7 Å². The largest absolute Gasteiger partial charge is 0.481 e. The van der Waals surface area contributed by atoms with Gasteiger partial charge in [-0.2, -0.15) is 0 Å². The number of carboxylic acids is 1. The SMILES string of the molecule is O=C(O)C1CCN(C(=O)CCc2cccc(Cl)c2)CC1. The van der Waals surface area contributed by atoms with E-state index in [0.29, 0.717) is 43.8 Å². The third-order valence-corrected chi connectivity index (χ3v) is 3.95. The highest BCUT2D eigenvalue weighted by molar-refractivity contribution is 6.30. The van der Waals surface area contributed by atoms with Gasteiger partial charge in [-0.05, 0) is 37.0 Å². The number of hydrogen-bond acceptors (Lipinski definition) is 2. The predicted octanol–water partition coefficient (Wildman–Crippen LogP) is 2.60. The molecule has 1 saturated heterocycles. The normalized spacial score (nSPS) is 16.1. The molecule has 0 unspecified atom stereocenters. The third kappa shape index (κ3) is 3.97. The molecule has 0 aromatic heterocycles. The van der Waals surface area contributed by atoms with Crippen LogP contribution in [0, 0.1) is 5.92 Å². The number of carbonyl (C=O) groups is 2. The number of aryl methyl sites for hydroxylation is 1. The zero-order chi connectivity index (χ0) is 14.5. The Hall–Kier alpha value is -1.55. The Kier molecular flexibility index (Phi) is 5.01. The fraction of sp³-hybridized carbons (Fsp3) is 0.467. The molecule has 0 atom stereocenters. The minimum atomic E-state index is -0.754. The molecule has 1 aliphatic heterocycles. The van der Waals surface area contributed by atoms with E-state index in [9.17, 15) is 9.59 Å². The fourth-order valence-corrected chi connectivity index (χ4v) is 2.69. The summed E-state index contributed by atoms with van der Waals surface area (Å²) in [6.07, 6.45) is 2.22. The van der Waals surface area contributed by atoms with Crippen LogP contribution in [-0.2, 0) is 16.0 Å². The van der Waals surface area contributed by atoms with Gasteiger partial charge in [-0.3, -0.25) is 9.59 Å². The molecule has 1 aromatic rings. The number of hydrogen-bond donors (Lipinski definition) is 1. The molecule has 0 spiro atoms. The summed E-state index contributed by atoms with van der Waals surface area (Å²) in [7, 11) is 0. The number of benzene rings is 1. The smallest absolute Gasteiger partial charge is 0.306 e. The minimum Gasteiger partial charge on any atom is -0.481 e. The Bertz CT molecular complexity index is 496. The number of amides is 1. The van der Waals surface area contributed by atoms with Gasteiger partial charge in [0, 0.05) is 24.5 Å². The molecule has 0 saturated carbocycles. The van der Waals surface area contributed by atoms with Gasteiger partial charge in [0.05, 0.1) is 5.92 Å². The van der Waals surface area contributed by atoms with E-state index in [-0.39, 0.29) is 11.8 Å². The van der Waals surface area contributed by atoms with Gasteiger partial charge in [-0.15, -0.1) is 0 Å². The van der Waals surface area contributed by atoms with Crippen molar-refractivity contribution in [2.45, 2.75) is 25.7 Å². The van der Waals surface area contributed by atoms with Gasteiger partial charge in [-0.25, -0.2) is 0 Å². The Morgan fingerprint density at radius 1 is 1.30 bits per heavy atom. The maximum Gasteiger partial charge on any atom is 0.306 e. The topological polar surface area (TPSA) is 57.6 Å². The van der Waals surface area contributed by atoms with Crippen molar-refractivity contribution in [1.82, 2.24) is 4.90 Å². The number of carboxylic acid groups (broad SMARTS) is 1. The summed E-state index contributed by atoms with van der Waals surface area (Å²) in [5, 5.41) is 9.60. The van der Waals surface area contributed by atoms with Gasteiger partial charge in [0.1, 0.15) is 0 Å². The van der Waals surface area contributed by atoms with Crippen LogP contribution < -0.4 is 0 Å². The molecule has 1 heterocycles. The monoisotopic (exact) mass is 295 g/mol. The van der Waals surface area contributed by atoms with Crippen LogP contribution in [0.4, 0.5) is 0 Å². The van der Waals surface area contributed by atoms with Crippen molar-refractivity contribution in [2.75, 3.05) is 13.1 Å². The number of piperidine rings is 1. The van der Waals surface area contributed by atoms with Crippen molar-refractivity contribution in [3.63, 3.8) is 0 Å². The Morgan fingerprint density at radius 3 is 2.60 bits per heavy atom. The molecular weight excluding hydrogens is 278 g/mol. The summed E-state index contributed by atoms with van der Waals surface area (Å²) in [6.45, 7) is 1.09. The van der Waals surface area contributed by atoms with Crippen molar-refractivity contribution in [3.8, 4) is 0 Å². The number of aliphatic carboxylic acids is 1. The lowest BCUT2D eigenvalue weighted by Gasteiger charge is -2.30. The molecule has 108 valence electrons. The molecule has 1 aromatic carbocycles. The third-order valence-electron chi connectivity index (χ3n) is 3.71. The molecule has 1 aliphatic rings. The summed E-state index contributed by atoms with van der Waals surface area (Å²) < 4.78 is 0. The van der Waals surface area contributed by atoms with E-state index >= 15 is 0 Å². The second-order valence-electron chi connectivity index (χ2n) is 5.12. The van der Waals surface area contributed by atoms with E-state index in [1.165, 1.54) is 0 Å². The molecule has 1 fully saturated rings. The molecule has 1 amide bonds. The predicted molar refractivity (Wildman–Crippen MR) is 76.7 cm³/mol. The van der Waals surface area contributed by atoms with Crippen LogP contribution in [0.5, 0.6) is 0 Å². The second-order valence-corrected chi connectivity index (χ2v) is 5.56. The Morgan fingerprint density at radius 2 is 2.00 bits per heavy atom. The number of carbonyl (C=O) groups excluding carboxylic acids is 1. The minimum absolute atomic E-state index is 0.0915. The molecule has 0 bridgehead atoms. The molecule has 0 radical (unpaired) electrons. The van der Waals surface area contributed by atoms with Gasteiger partial charge >= 0.3 is 5.97 Å². The highest BCUT2D eigenvalue weighted by atomic mass is 35.5.